The fourth-order valence-electron chi connectivity index (χ4n) is 0.154. The van der Waals surface area contributed by atoms with Crippen LogP contribution in [0.15, 0.2) is 11.6 Å². The number of halogens is 1. The predicted octanol–water partition coefficient (Wildman–Crippen LogP) is -2.71. The number of hydrogen-bond donors (Lipinski definition) is 0. The Bertz CT molecular complexity index is 173. The van der Waals surface area contributed by atoms with Crippen molar-refractivity contribution in [1.29, 1.82) is 0 Å². The third-order valence-electron chi connectivity index (χ3n) is 0.389. The van der Waals surface area contributed by atoms with E-state index in [1.54, 1.807) is 0 Å². The van der Waals surface area contributed by atoms with Gasteiger partial charge in [0.25, 0.3) is 0 Å². The average molecular weight is 179 g/mol. The maximum absolute atomic E-state index is 9.72. The number of hydrogen-bond acceptors (Lipinski definition) is 3. The van der Waals surface area contributed by atoms with Crippen molar-refractivity contribution in [3.05, 3.63) is 11.6 Å². The zero-order chi connectivity index (χ0) is 6.62. The predicted molar refractivity (Wildman–Crippen MR) is 29.6 cm³/mol. The Hall–Kier alpha value is 0.940. The molecule has 0 amide bonds. The van der Waals surface area contributed by atoms with E-state index in [2.05, 4.69) is 0 Å². The maximum Gasteiger partial charge on any atom is 1.00 e. The second kappa shape index (κ2) is 5.70. The van der Waals surface area contributed by atoms with Gasteiger partial charge in [-0.15, -0.1) is 0 Å². The molecule has 0 heterocycles. The Balaban J connectivity index is 0. The summed E-state index contributed by atoms with van der Waals surface area (Å²) in [6.45, 7) is 0. The van der Waals surface area contributed by atoms with Crippen LogP contribution in [0, 0.1) is 0 Å². The molecule has 0 N–H and O–H groups in total. The third-order valence-corrected chi connectivity index (χ3v) is 1.17. The van der Waals surface area contributed by atoms with E-state index in [4.69, 9.17) is 11.6 Å². The summed E-state index contributed by atoms with van der Waals surface area (Å²) in [7, 11) is -4.11. The van der Waals surface area contributed by atoms with Crippen LogP contribution in [0.3, 0.4) is 0 Å². The molecule has 48 valence electrons. The molecule has 0 fully saturated rings. The molecule has 0 aliphatic carbocycles. The van der Waals surface area contributed by atoms with E-state index in [0.29, 0.717) is 0 Å². The van der Waals surface area contributed by atoms with Crippen molar-refractivity contribution in [2.45, 2.75) is 0 Å². The van der Waals surface area contributed by atoms with E-state index >= 15 is 0 Å². The molecule has 0 spiro atoms. The van der Waals surface area contributed by atoms with Gasteiger partial charge in [0.15, 0.2) is 0 Å². The molecule has 0 rings (SSSR count). The molecule has 0 aliphatic heterocycles. The Morgan fingerprint density at radius 2 is 2.00 bits per heavy atom. The van der Waals surface area contributed by atoms with Gasteiger partial charge >= 0.3 is 29.6 Å². The summed E-state index contributed by atoms with van der Waals surface area (Å²) >= 11 is 4.92. The third kappa shape index (κ3) is 12.2. The molecule has 0 saturated carbocycles. The summed E-state index contributed by atoms with van der Waals surface area (Å²) < 4.78 is 29.2. The first-order chi connectivity index (χ1) is 3.56. The summed E-state index contributed by atoms with van der Waals surface area (Å²) in [5.74, 6) is -0.531. The fourth-order valence-corrected chi connectivity index (χ4v) is 0.681. The SMILES string of the molecule is O=S(=O)([O-])CC=CCl.[Na+]. The van der Waals surface area contributed by atoms with Gasteiger partial charge in [-0.1, -0.05) is 17.7 Å². The molecular formula is C3H4ClNaO3S. The van der Waals surface area contributed by atoms with E-state index < -0.39 is 15.9 Å². The molecule has 0 atom stereocenters. The minimum atomic E-state index is -4.11. The fraction of sp³-hybridized carbons (Fsp3) is 0.333. The van der Waals surface area contributed by atoms with E-state index in [0.717, 1.165) is 11.6 Å². The summed E-state index contributed by atoms with van der Waals surface area (Å²) in [5, 5.41) is 0. The van der Waals surface area contributed by atoms with E-state index in [-0.39, 0.29) is 29.6 Å². The van der Waals surface area contributed by atoms with Crippen molar-refractivity contribution in [3.8, 4) is 0 Å². The Kier molecular flexibility index (Phi) is 7.99. The smallest absolute Gasteiger partial charge is 0.748 e. The minimum absolute atomic E-state index is 0. The van der Waals surface area contributed by atoms with Crippen molar-refractivity contribution >= 4 is 21.7 Å². The zero-order valence-corrected chi connectivity index (χ0v) is 8.45. The molecule has 9 heavy (non-hydrogen) atoms. The first-order valence-electron chi connectivity index (χ1n) is 1.75. The molecule has 0 bridgehead atoms. The van der Waals surface area contributed by atoms with Crippen LogP contribution in [0.4, 0.5) is 0 Å². The molecule has 0 aromatic carbocycles. The molecule has 0 aromatic heterocycles. The van der Waals surface area contributed by atoms with Gasteiger partial charge in [0, 0.05) is 5.54 Å². The van der Waals surface area contributed by atoms with Crippen molar-refractivity contribution < 1.29 is 42.5 Å². The molecule has 0 radical (unpaired) electrons. The van der Waals surface area contributed by atoms with Gasteiger partial charge in [0.2, 0.25) is 0 Å². The zero-order valence-electron chi connectivity index (χ0n) is 4.87. The largest absolute Gasteiger partial charge is 1.00 e. The van der Waals surface area contributed by atoms with Crippen LogP contribution in [0.5, 0.6) is 0 Å². The quantitative estimate of drug-likeness (QED) is 0.341. The topological polar surface area (TPSA) is 57.2 Å². The second-order valence-corrected chi connectivity index (χ2v) is 2.79. The average Bonchev–Trinajstić information content (AvgIpc) is 1.59. The molecule has 6 heteroatoms. The first-order valence-corrected chi connectivity index (χ1v) is 3.76. The summed E-state index contributed by atoms with van der Waals surface area (Å²) in [5.41, 5.74) is 0.995. The van der Waals surface area contributed by atoms with Crippen LogP contribution in [-0.4, -0.2) is 18.7 Å². The van der Waals surface area contributed by atoms with Gasteiger partial charge < -0.3 is 4.55 Å². The molecule has 0 aromatic rings. The second-order valence-electron chi connectivity index (χ2n) is 1.09. The molecular weight excluding hydrogens is 175 g/mol. The van der Waals surface area contributed by atoms with Gasteiger partial charge in [-0.25, -0.2) is 8.42 Å². The molecule has 3 nitrogen and oxygen atoms in total. The van der Waals surface area contributed by atoms with E-state index in [9.17, 15) is 13.0 Å². The minimum Gasteiger partial charge on any atom is -0.748 e. The van der Waals surface area contributed by atoms with Gasteiger partial charge in [-0.2, -0.15) is 0 Å². The van der Waals surface area contributed by atoms with Gasteiger partial charge in [0.05, 0.1) is 15.9 Å². The van der Waals surface area contributed by atoms with Gasteiger partial charge in [0.1, 0.15) is 0 Å². The van der Waals surface area contributed by atoms with Crippen molar-refractivity contribution in [2.24, 2.45) is 0 Å². The van der Waals surface area contributed by atoms with Crippen LogP contribution < -0.4 is 29.6 Å². The molecule has 0 saturated heterocycles. The Morgan fingerprint density at radius 3 is 2.11 bits per heavy atom. The number of rotatable bonds is 2. The Labute approximate surface area is 81.1 Å². The van der Waals surface area contributed by atoms with Crippen molar-refractivity contribution in [1.82, 2.24) is 0 Å². The normalized spacial score (nSPS) is 11.3. The van der Waals surface area contributed by atoms with E-state index in [1.807, 2.05) is 0 Å². The molecule has 0 unspecified atom stereocenters. The van der Waals surface area contributed by atoms with E-state index in [1.165, 1.54) is 0 Å². The summed E-state index contributed by atoms with van der Waals surface area (Å²) in [6, 6.07) is 0. The van der Waals surface area contributed by atoms with Crippen molar-refractivity contribution in [2.75, 3.05) is 5.75 Å². The van der Waals surface area contributed by atoms with Crippen molar-refractivity contribution in [3.63, 3.8) is 0 Å². The Morgan fingerprint density at radius 1 is 1.56 bits per heavy atom. The summed E-state index contributed by atoms with van der Waals surface area (Å²) in [4.78, 5) is 0. The monoisotopic (exact) mass is 178 g/mol. The van der Waals surface area contributed by atoms with Crippen LogP contribution in [0.2, 0.25) is 0 Å². The van der Waals surface area contributed by atoms with Crippen LogP contribution in [-0.2, 0) is 10.1 Å². The maximum atomic E-state index is 9.72. The van der Waals surface area contributed by atoms with Crippen LogP contribution >= 0.6 is 11.6 Å². The van der Waals surface area contributed by atoms with Gasteiger partial charge in [-0.3, -0.25) is 0 Å². The molecule has 0 aliphatic rings. The van der Waals surface area contributed by atoms with Crippen LogP contribution in [0.1, 0.15) is 0 Å². The van der Waals surface area contributed by atoms with Crippen LogP contribution in [0.25, 0.3) is 0 Å². The summed E-state index contributed by atoms with van der Waals surface area (Å²) in [6.07, 6.45) is 1.07. The standard InChI is InChI=1S/C3H5ClO3S.Na/c4-2-1-3-8(5,6)7;/h1-2H,3H2,(H,5,6,7);/q;+1/p-1. The first kappa shape index (κ1) is 12.6. The van der Waals surface area contributed by atoms with Gasteiger partial charge in [-0.05, 0) is 0 Å².